The van der Waals surface area contributed by atoms with Gasteiger partial charge in [-0.25, -0.2) is 0 Å². The Hall–Kier alpha value is -0.860. The highest BCUT2D eigenvalue weighted by atomic mass is 16.3. The van der Waals surface area contributed by atoms with Gasteiger partial charge in [0.1, 0.15) is 0 Å². The van der Waals surface area contributed by atoms with Crippen LogP contribution in [0.3, 0.4) is 0 Å². The van der Waals surface area contributed by atoms with E-state index in [1.54, 1.807) is 5.57 Å². The Kier molecular flexibility index (Phi) is 7.72. The van der Waals surface area contributed by atoms with Crippen molar-refractivity contribution in [1.82, 2.24) is 0 Å². The molecule has 170 valence electrons. The second kappa shape index (κ2) is 9.74. The van der Waals surface area contributed by atoms with Gasteiger partial charge in [0.15, 0.2) is 0 Å². The molecule has 0 bridgehead atoms. The number of fused-ring (bicyclic) bond motifs is 1. The molecule has 0 aromatic carbocycles. The van der Waals surface area contributed by atoms with Gasteiger partial charge in [-0.2, -0.15) is 0 Å². The molecule has 3 fully saturated rings. The van der Waals surface area contributed by atoms with Crippen molar-refractivity contribution in [1.29, 1.82) is 0 Å². The molecule has 0 aromatic heterocycles. The fourth-order valence-electron chi connectivity index (χ4n) is 6.83. The SMILES string of the molecule is C=C1CC[C@H](O)C/C1=C/C=C1\CCC[C@]2(C)[C@@H]([C@H](C)CCCCC(C)(C)O)CC[C@@H]12. The van der Waals surface area contributed by atoms with Crippen molar-refractivity contribution in [2.24, 2.45) is 23.2 Å². The average Bonchev–Trinajstić information content (AvgIpc) is 3.02. The first-order chi connectivity index (χ1) is 14.1. The van der Waals surface area contributed by atoms with E-state index in [9.17, 15) is 10.2 Å². The van der Waals surface area contributed by atoms with Gasteiger partial charge in [-0.15, -0.1) is 0 Å². The van der Waals surface area contributed by atoms with Gasteiger partial charge in [0.05, 0.1) is 11.7 Å². The van der Waals surface area contributed by atoms with E-state index in [0.717, 1.165) is 49.9 Å². The van der Waals surface area contributed by atoms with Crippen LogP contribution in [0.15, 0.2) is 35.5 Å². The Balaban J connectivity index is 1.64. The first-order valence-electron chi connectivity index (χ1n) is 12.6. The van der Waals surface area contributed by atoms with E-state index < -0.39 is 5.60 Å². The summed E-state index contributed by atoms with van der Waals surface area (Å²) in [7, 11) is 0. The number of aliphatic hydroxyl groups excluding tert-OH is 1. The van der Waals surface area contributed by atoms with Crippen LogP contribution in [0.1, 0.15) is 105 Å². The molecule has 0 heterocycles. The van der Waals surface area contributed by atoms with Crippen LogP contribution in [0, 0.1) is 23.2 Å². The van der Waals surface area contributed by atoms with Gasteiger partial charge in [-0.05, 0) is 100 Å². The van der Waals surface area contributed by atoms with Crippen LogP contribution in [0.4, 0.5) is 0 Å². The topological polar surface area (TPSA) is 40.5 Å². The molecule has 0 spiro atoms. The van der Waals surface area contributed by atoms with Crippen molar-refractivity contribution in [3.05, 3.63) is 35.5 Å². The molecule has 0 radical (unpaired) electrons. The third-order valence-corrected chi connectivity index (χ3v) is 8.61. The first-order valence-corrected chi connectivity index (χ1v) is 12.6. The van der Waals surface area contributed by atoms with Gasteiger partial charge < -0.3 is 10.2 Å². The number of aliphatic hydroxyl groups is 2. The molecule has 5 atom stereocenters. The van der Waals surface area contributed by atoms with Crippen molar-refractivity contribution >= 4 is 0 Å². The van der Waals surface area contributed by atoms with E-state index in [0.29, 0.717) is 5.41 Å². The Bertz CT molecular complexity index is 665. The van der Waals surface area contributed by atoms with E-state index in [1.165, 1.54) is 56.1 Å². The molecular weight excluding hydrogens is 368 g/mol. The lowest BCUT2D eigenvalue weighted by molar-refractivity contribution is 0.0650. The largest absolute Gasteiger partial charge is 0.393 e. The van der Waals surface area contributed by atoms with E-state index in [-0.39, 0.29) is 6.10 Å². The summed E-state index contributed by atoms with van der Waals surface area (Å²) in [5, 5.41) is 20.0. The molecular formula is C28H46O2. The molecule has 2 N–H and O–H groups in total. The summed E-state index contributed by atoms with van der Waals surface area (Å²) in [5.41, 5.74) is 4.07. The Morgan fingerprint density at radius 1 is 1.17 bits per heavy atom. The summed E-state index contributed by atoms with van der Waals surface area (Å²) in [5.74, 6) is 2.33. The maximum absolute atomic E-state index is 10.0. The Morgan fingerprint density at radius 2 is 1.93 bits per heavy atom. The lowest BCUT2D eigenvalue weighted by Crippen LogP contribution is -2.36. The smallest absolute Gasteiger partial charge is 0.0591 e. The highest BCUT2D eigenvalue weighted by molar-refractivity contribution is 5.36. The highest BCUT2D eigenvalue weighted by Crippen LogP contribution is 2.59. The molecule has 0 aromatic rings. The van der Waals surface area contributed by atoms with Crippen molar-refractivity contribution in [3.8, 4) is 0 Å². The van der Waals surface area contributed by atoms with Crippen LogP contribution < -0.4 is 0 Å². The van der Waals surface area contributed by atoms with Crippen LogP contribution in [0.5, 0.6) is 0 Å². The summed E-state index contributed by atoms with van der Waals surface area (Å²) in [6.45, 7) is 13.1. The lowest BCUT2D eigenvalue weighted by Gasteiger charge is -2.44. The highest BCUT2D eigenvalue weighted by Gasteiger charge is 2.50. The minimum Gasteiger partial charge on any atom is -0.393 e. The Labute approximate surface area is 185 Å². The summed E-state index contributed by atoms with van der Waals surface area (Å²) >= 11 is 0. The number of hydrogen-bond donors (Lipinski definition) is 2. The average molecular weight is 415 g/mol. The third kappa shape index (κ3) is 5.68. The number of hydrogen-bond acceptors (Lipinski definition) is 2. The van der Waals surface area contributed by atoms with Gasteiger partial charge in [0.2, 0.25) is 0 Å². The van der Waals surface area contributed by atoms with Crippen LogP contribution in [0.2, 0.25) is 0 Å². The van der Waals surface area contributed by atoms with Gasteiger partial charge in [-0.3, -0.25) is 0 Å². The molecule has 0 saturated heterocycles. The molecule has 3 aliphatic carbocycles. The summed E-state index contributed by atoms with van der Waals surface area (Å²) in [4.78, 5) is 0. The zero-order valence-corrected chi connectivity index (χ0v) is 20.1. The van der Waals surface area contributed by atoms with Gasteiger partial charge in [0, 0.05) is 0 Å². The quantitative estimate of drug-likeness (QED) is 0.435. The monoisotopic (exact) mass is 414 g/mol. The van der Waals surface area contributed by atoms with Crippen molar-refractivity contribution < 1.29 is 10.2 Å². The van der Waals surface area contributed by atoms with Crippen molar-refractivity contribution in [2.75, 3.05) is 0 Å². The van der Waals surface area contributed by atoms with Gasteiger partial charge >= 0.3 is 0 Å². The number of allylic oxidation sites excluding steroid dienone is 4. The molecule has 2 heteroatoms. The molecule has 0 unspecified atom stereocenters. The van der Waals surface area contributed by atoms with Crippen LogP contribution in [-0.2, 0) is 0 Å². The summed E-state index contributed by atoms with van der Waals surface area (Å²) in [6.07, 6.45) is 18.3. The van der Waals surface area contributed by atoms with E-state index >= 15 is 0 Å². The number of unbranched alkanes of at least 4 members (excludes halogenated alkanes) is 1. The van der Waals surface area contributed by atoms with E-state index in [4.69, 9.17) is 0 Å². The molecule has 2 nitrogen and oxygen atoms in total. The second-order valence-corrected chi connectivity index (χ2v) is 11.6. The zero-order chi connectivity index (χ0) is 21.9. The predicted octanol–water partition coefficient (Wildman–Crippen LogP) is 7.12. The fraction of sp³-hybridized carbons (Fsp3) is 0.786. The molecule has 3 aliphatic rings. The van der Waals surface area contributed by atoms with E-state index in [2.05, 4.69) is 32.6 Å². The third-order valence-electron chi connectivity index (χ3n) is 8.61. The normalized spacial score (nSPS) is 36.3. The predicted molar refractivity (Wildman–Crippen MR) is 127 cm³/mol. The maximum Gasteiger partial charge on any atom is 0.0591 e. The standard InChI is InChI=1S/C28H46O2/c1-20-11-14-24(29)19-23(20)13-12-22-10-8-18-28(5)25(15-16-26(22)28)21(2)9-6-7-17-27(3,4)30/h12-13,21,24-26,29-30H,1,6-11,14-19H2,2-5H3/b22-12+,23-13-/t21-,24+,25-,26+,28-/m1/s1. The summed E-state index contributed by atoms with van der Waals surface area (Å²) in [6, 6.07) is 0. The maximum atomic E-state index is 10.0. The zero-order valence-electron chi connectivity index (χ0n) is 20.1. The van der Waals surface area contributed by atoms with Gasteiger partial charge in [-0.1, -0.05) is 63.0 Å². The molecule has 3 rings (SSSR count). The minimum absolute atomic E-state index is 0.190. The molecule has 30 heavy (non-hydrogen) atoms. The Morgan fingerprint density at radius 3 is 2.67 bits per heavy atom. The molecule has 0 amide bonds. The number of rotatable bonds is 7. The van der Waals surface area contributed by atoms with Crippen LogP contribution in [-0.4, -0.2) is 21.9 Å². The molecule has 0 aliphatic heterocycles. The fourth-order valence-corrected chi connectivity index (χ4v) is 6.83. The van der Waals surface area contributed by atoms with Crippen molar-refractivity contribution in [3.63, 3.8) is 0 Å². The minimum atomic E-state index is -0.523. The van der Waals surface area contributed by atoms with Crippen LogP contribution in [0.25, 0.3) is 0 Å². The van der Waals surface area contributed by atoms with Gasteiger partial charge in [0.25, 0.3) is 0 Å². The first kappa shape index (κ1) is 23.8. The van der Waals surface area contributed by atoms with Crippen LogP contribution >= 0.6 is 0 Å². The van der Waals surface area contributed by atoms with Crippen molar-refractivity contribution in [2.45, 2.75) is 116 Å². The lowest BCUT2D eigenvalue weighted by atomic mass is 9.60. The summed E-state index contributed by atoms with van der Waals surface area (Å²) < 4.78 is 0. The second-order valence-electron chi connectivity index (χ2n) is 11.6. The molecule has 3 saturated carbocycles. The van der Waals surface area contributed by atoms with E-state index in [1.807, 2.05) is 13.8 Å².